The number of amides is 4. The highest BCUT2D eigenvalue weighted by Crippen LogP contribution is 2.48. The lowest BCUT2D eigenvalue weighted by Crippen LogP contribution is -2.59. The van der Waals surface area contributed by atoms with Crippen LogP contribution in [-0.4, -0.2) is 90.7 Å². The minimum atomic E-state index is -4.46. The first-order valence-electron chi connectivity index (χ1n) is 19.5. The van der Waals surface area contributed by atoms with Crippen molar-refractivity contribution in [1.29, 1.82) is 0 Å². The molecular weight excluding hydrogens is 799 g/mol. The van der Waals surface area contributed by atoms with Crippen LogP contribution in [0.25, 0.3) is 10.8 Å². The van der Waals surface area contributed by atoms with Gasteiger partial charge in [-0.25, -0.2) is 31.0 Å². The number of allylic oxidation sites excluding steroid dienone is 1. The van der Waals surface area contributed by atoms with E-state index in [4.69, 9.17) is 9.47 Å². The Morgan fingerprint density at radius 1 is 1.05 bits per heavy atom. The highest BCUT2D eigenvalue weighted by Gasteiger charge is 2.64. The van der Waals surface area contributed by atoms with Gasteiger partial charge >= 0.3 is 0 Å². The van der Waals surface area contributed by atoms with Crippen molar-refractivity contribution < 1.29 is 54.6 Å². The molecule has 4 aliphatic rings. The number of carbonyl (C=O) groups excluding carboxylic acids is 4. The number of ether oxygens (including phenoxy) is 2. The molecule has 3 N–H and O–H groups in total. The Labute approximate surface area is 338 Å². The number of nitrogens with one attached hydrogen (secondary N) is 3. The summed E-state index contributed by atoms with van der Waals surface area (Å²) in [6, 6.07) is 3.95. The van der Waals surface area contributed by atoms with Gasteiger partial charge in [0.25, 0.3) is 11.8 Å². The van der Waals surface area contributed by atoms with Crippen LogP contribution in [-0.2, 0) is 24.4 Å². The number of hydrogen-bond acceptors (Lipinski definition) is 9. The summed E-state index contributed by atoms with van der Waals surface area (Å²) >= 11 is 0. The van der Waals surface area contributed by atoms with Gasteiger partial charge in [0, 0.05) is 30.0 Å². The number of rotatable bonds is 9. The van der Waals surface area contributed by atoms with Gasteiger partial charge in [-0.15, -0.1) is 0 Å². The van der Waals surface area contributed by atoms with Crippen LogP contribution in [0.2, 0.25) is 0 Å². The summed E-state index contributed by atoms with van der Waals surface area (Å²) in [7, 11) is -3.14. The van der Waals surface area contributed by atoms with Gasteiger partial charge in [0.15, 0.2) is 11.6 Å². The van der Waals surface area contributed by atoms with E-state index in [0.29, 0.717) is 30.7 Å². The average Bonchev–Trinajstić information content (AvgIpc) is 4.09. The maximum atomic E-state index is 14.9. The maximum Gasteiger partial charge on any atom is 0.259 e. The van der Waals surface area contributed by atoms with Gasteiger partial charge in [-0.1, -0.05) is 26.0 Å². The van der Waals surface area contributed by atoms with Crippen molar-refractivity contribution in [1.82, 2.24) is 25.2 Å². The van der Waals surface area contributed by atoms with Gasteiger partial charge in [0.05, 0.1) is 19.2 Å². The van der Waals surface area contributed by atoms with Gasteiger partial charge in [-0.2, -0.15) is 0 Å². The zero-order valence-electron chi connectivity index (χ0n) is 32.6. The van der Waals surface area contributed by atoms with Gasteiger partial charge in [0.2, 0.25) is 27.7 Å². The second-order valence-corrected chi connectivity index (χ2v) is 18.3. The fraction of sp³-hybridized carbons (Fsp3) is 0.488. The second-order valence-electron chi connectivity index (χ2n) is 16.2. The van der Waals surface area contributed by atoms with Crippen LogP contribution in [0.15, 0.2) is 54.7 Å². The molecule has 316 valence electrons. The van der Waals surface area contributed by atoms with E-state index in [1.165, 1.54) is 30.3 Å². The van der Waals surface area contributed by atoms with Crippen molar-refractivity contribution in [2.45, 2.75) is 87.3 Å². The SMILES string of the molecule is COc1cc2ccnc(O[C@@H]3C[C@H]4C(=O)NC5(C(=O)NS(=O)(=O)C6(CF)CC6)CC5/C=C\CC[C@@H](C)C[C@@H](C)[C@H](NC(=O)c5ccc(F)cc5F)C(=O)N4C3)c2cc1F. The minimum absolute atomic E-state index is 0.0150. The Morgan fingerprint density at radius 3 is 2.51 bits per heavy atom. The van der Waals surface area contributed by atoms with Crippen molar-refractivity contribution in [3.8, 4) is 11.6 Å². The second kappa shape index (κ2) is 16.1. The molecule has 2 aromatic carbocycles. The van der Waals surface area contributed by atoms with Crippen molar-refractivity contribution in [2.75, 3.05) is 20.3 Å². The number of carbonyl (C=O) groups is 4. The largest absolute Gasteiger partial charge is 0.494 e. The Balaban J connectivity index is 1.24. The van der Waals surface area contributed by atoms with Crippen molar-refractivity contribution in [3.05, 3.63) is 77.8 Å². The molecule has 0 bridgehead atoms. The fourth-order valence-electron chi connectivity index (χ4n) is 8.20. The van der Waals surface area contributed by atoms with Crippen LogP contribution in [0, 0.1) is 35.2 Å². The molecule has 2 aliphatic heterocycles. The standard InChI is InChI=1S/C41H45F4N5O8S/c1-22-6-4-5-7-25-19-41(25,39(54)49-59(55,56)40(21-42)11-12-40)48-36(52)32-17-27(58-37-29-18-31(45)33(57-3)15-24(29)10-13-46-37)20-50(32)38(53)34(23(2)14-22)47-35(51)28-9-8-26(43)16-30(28)44/h5,7-10,13,15-16,18,22-23,25,27,32,34H,4,6,11-12,14,17,19-21H2,1-3H3,(H,47,51)(H,48,52)(H,49,54)/b7-5-/t22-,23-,25?,27-,32+,34+,41?/m1/s1. The van der Waals surface area contributed by atoms with Crippen LogP contribution in [0.5, 0.6) is 11.6 Å². The summed E-state index contributed by atoms with van der Waals surface area (Å²) in [4.78, 5) is 62.3. The lowest BCUT2D eigenvalue weighted by atomic mass is 9.87. The van der Waals surface area contributed by atoms with Gasteiger partial charge < -0.3 is 25.0 Å². The molecule has 7 rings (SSSR count). The molecule has 1 aromatic heterocycles. The van der Waals surface area contributed by atoms with E-state index in [1.807, 2.05) is 17.7 Å². The van der Waals surface area contributed by atoms with Crippen LogP contribution < -0.4 is 24.8 Å². The molecule has 59 heavy (non-hydrogen) atoms. The van der Waals surface area contributed by atoms with E-state index in [9.17, 15) is 45.2 Å². The maximum absolute atomic E-state index is 14.9. The van der Waals surface area contributed by atoms with Crippen LogP contribution in [0.1, 0.15) is 69.2 Å². The molecule has 3 fully saturated rings. The highest BCUT2D eigenvalue weighted by atomic mass is 32.2. The Bertz CT molecular complexity index is 2330. The van der Waals surface area contributed by atoms with Gasteiger partial charge in [-0.05, 0) is 86.1 Å². The van der Waals surface area contributed by atoms with E-state index in [1.54, 1.807) is 19.1 Å². The van der Waals surface area contributed by atoms with Crippen LogP contribution >= 0.6 is 0 Å². The molecular formula is C41H45F4N5O8S. The first-order chi connectivity index (χ1) is 28.0. The summed E-state index contributed by atoms with van der Waals surface area (Å²) in [5.74, 6) is -7.64. The number of halogens is 4. The van der Waals surface area contributed by atoms with E-state index in [0.717, 1.165) is 12.1 Å². The van der Waals surface area contributed by atoms with Crippen LogP contribution in [0.4, 0.5) is 17.6 Å². The van der Waals surface area contributed by atoms with Crippen molar-refractivity contribution in [3.63, 3.8) is 0 Å². The number of pyridine rings is 1. The van der Waals surface area contributed by atoms with E-state index in [2.05, 4.69) is 15.6 Å². The highest BCUT2D eigenvalue weighted by molar-refractivity contribution is 7.91. The summed E-state index contributed by atoms with van der Waals surface area (Å²) in [6.07, 6.45) is 5.46. The van der Waals surface area contributed by atoms with E-state index < -0.39 is 104 Å². The monoisotopic (exact) mass is 843 g/mol. The third-order valence-electron chi connectivity index (χ3n) is 12.0. The van der Waals surface area contributed by atoms with E-state index >= 15 is 0 Å². The van der Waals surface area contributed by atoms with E-state index in [-0.39, 0.29) is 55.2 Å². The quantitative estimate of drug-likeness (QED) is 0.205. The Hall–Kier alpha value is -5.26. The Morgan fingerprint density at radius 2 is 1.81 bits per heavy atom. The molecule has 3 heterocycles. The number of hydrogen-bond donors (Lipinski definition) is 3. The predicted molar refractivity (Wildman–Crippen MR) is 206 cm³/mol. The number of methoxy groups -OCH3 is 1. The van der Waals surface area contributed by atoms with Crippen LogP contribution in [0.3, 0.4) is 0 Å². The first-order valence-corrected chi connectivity index (χ1v) is 21.0. The molecule has 2 unspecified atom stereocenters. The molecule has 2 aliphatic carbocycles. The number of aromatic nitrogens is 1. The molecule has 1 saturated heterocycles. The molecule has 3 aromatic rings. The number of sulfonamides is 1. The van der Waals surface area contributed by atoms with Gasteiger partial charge in [0.1, 0.15) is 46.8 Å². The first kappa shape index (κ1) is 41.9. The van der Waals surface area contributed by atoms with Crippen molar-refractivity contribution in [2.24, 2.45) is 17.8 Å². The summed E-state index contributed by atoms with van der Waals surface area (Å²) < 4.78 is 95.4. The van der Waals surface area contributed by atoms with Gasteiger partial charge in [-0.3, -0.25) is 23.9 Å². The molecule has 4 amide bonds. The number of alkyl halides is 1. The zero-order valence-corrected chi connectivity index (χ0v) is 33.4. The normalized spacial score (nSPS) is 28.6. The number of nitrogens with zero attached hydrogens (tertiary/aromatic N) is 2. The number of benzene rings is 2. The smallest absolute Gasteiger partial charge is 0.259 e. The summed E-state index contributed by atoms with van der Waals surface area (Å²) in [5, 5.41) is 6.15. The lowest BCUT2D eigenvalue weighted by molar-refractivity contribution is -0.142. The molecule has 7 atom stereocenters. The summed E-state index contributed by atoms with van der Waals surface area (Å²) in [6.45, 7) is 2.23. The fourth-order valence-corrected chi connectivity index (χ4v) is 9.62. The number of fused-ring (bicyclic) bond motifs is 3. The molecule has 13 nitrogen and oxygen atoms in total. The summed E-state index contributed by atoms with van der Waals surface area (Å²) in [5.41, 5.74) is -2.27. The molecule has 0 radical (unpaired) electrons. The topological polar surface area (TPSA) is 173 Å². The third kappa shape index (κ3) is 8.19. The molecule has 18 heteroatoms. The predicted octanol–water partition coefficient (Wildman–Crippen LogP) is 4.64. The Kier molecular flexibility index (Phi) is 11.4. The third-order valence-corrected chi connectivity index (χ3v) is 14.1. The molecule has 2 saturated carbocycles. The van der Waals surface area contributed by atoms with Crippen molar-refractivity contribution >= 4 is 44.4 Å². The molecule has 0 spiro atoms. The minimum Gasteiger partial charge on any atom is -0.494 e. The average molecular weight is 844 g/mol. The lowest BCUT2D eigenvalue weighted by Gasteiger charge is -2.33. The zero-order chi connectivity index (χ0) is 42.4.